The molecule has 0 saturated carbocycles. The van der Waals surface area contributed by atoms with Gasteiger partial charge in [-0.2, -0.15) is 0 Å². The summed E-state index contributed by atoms with van der Waals surface area (Å²) in [7, 11) is 0. The van der Waals surface area contributed by atoms with E-state index in [1.54, 1.807) is 0 Å². The van der Waals surface area contributed by atoms with Gasteiger partial charge >= 0.3 is 6.09 Å². The number of alkyl carbamates (subject to hydrolysis) is 1. The van der Waals surface area contributed by atoms with Crippen LogP contribution < -0.4 is 5.32 Å². The highest BCUT2D eigenvalue weighted by Crippen LogP contribution is 1.98. The standard InChI is InChI=1S/C10H21NO5/c1-10(2,3)11-9(14)16-5-4-15-7-8(13)6-12/h8,12-13H,4-7H2,1-3H3,(H,11,14). The molecule has 0 rings (SSSR count). The highest BCUT2D eigenvalue weighted by atomic mass is 16.6. The number of carbonyl (C=O) groups is 1. The summed E-state index contributed by atoms with van der Waals surface area (Å²) in [5.74, 6) is 0. The number of hydrogen-bond acceptors (Lipinski definition) is 5. The summed E-state index contributed by atoms with van der Waals surface area (Å²) in [5.41, 5.74) is -0.328. The maximum absolute atomic E-state index is 11.1. The predicted molar refractivity (Wildman–Crippen MR) is 58.1 cm³/mol. The summed E-state index contributed by atoms with van der Waals surface area (Å²) in [4.78, 5) is 11.1. The number of ether oxygens (including phenoxy) is 2. The van der Waals surface area contributed by atoms with Crippen LogP contribution in [0.25, 0.3) is 0 Å². The van der Waals surface area contributed by atoms with Gasteiger partial charge in [0.05, 0.1) is 19.8 Å². The van der Waals surface area contributed by atoms with Gasteiger partial charge in [-0.05, 0) is 20.8 Å². The lowest BCUT2D eigenvalue weighted by Gasteiger charge is -2.19. The van der Waals surface area contributed by atoms with Gasteiger partial charge in [-0.1, -0.05) is 0 Å². The van der Waals surface area contributed by atoms with Crippen LogP contribution >= 0.6 is 0 Å². The van der Waals surface area contributed by atoms with Gasteiger partial charge in [0, 0.05) is 5.54 Å². The van der Waals surface area contributed by atoms with E-state index in [1.165, 1.54) is 0 Å². The van der Waals surface area contributed by atoms with E-state index in [-0.39, 0.29) is 32.0 Å². The van der Waals surface area contributed by atoms with Gasteiger partial charge in [0.2, 0.25) is 0 Å². The molecule has 0 saturated heterocycles. The molecule has 0 aromatic rings. The van der Waals surface area contributed by atoms with Gasteiger partial charge in [-0.15, -0.1) is 0 Å². The smallest absolute Gasteiger partial charge is 0.407 e. The number of amides is 1. The normalized spacial score (nSPS) is 13.3. The zero-order valence-corrected chi connectivity index (χ0v) is 10.0. The highest BCUT2D eigenvalue weighted by Gasteiger charge is 2.14. The number of aliphatic hydroxyl groups is 2. The van der Waals surface area contributed by atoms with Crippen LogP contribution in [0.1, 0.15) is 20.8 Å². The first-order valence-corrected chi connectivity index (χ1v) is 5.17. The first-order valence-electron chi connectivity index (χ1n) is 5.17. The average molecular weight is 235 g/mol. The van der Waals surface area contributed by atoms with Crippen molar-refractivity contribution >= 4 is 6.09 Å². The summed E-state index contributed by atoms with van der Waals surface area (Å²) in [6, 6.07) is 0. The molecule has 0 aliphatic rings. The van der Waals surface area contributed by atoms with Gasteiger partial charge in [0.1, 0.15) is 12.7 Å². The van der Waals surface area contributed by atoms with Crippen LogP contribution in [0.3, 0.4) is 0 Å². The third-order valence-corrected chi connectivity index (χ3v) is 1.46. The van der Waals surface area contributed by atoms with Crippen molar-refractivity contribution in [1.29, 1.82) is 0 Å². The molecule has 6 nitrogen and oxygen atoms in total. The first-order chi connectivity index (χ1) is 7.35. The maximum Gasteiger partial charge on any atom is 0.407 e. The van der Waals surface area contributed by atoms with Crippen molar-refractivity contribution in [2.24, 2.45) is 0 Å². The fourth-order valence-electron chi connectivity index (χ4n) is 0.808. The van der Waals surface area contributed by atoms with Crippen LogP contribution in [0.4, 0.5) is 4.79 Å². The van der Waals surface area contributed by atoms with Crippen LogP contribution in [-0.2, 0) is 9.47 Å². The van der Waals surface area contributed by atoms with E-state index >= 15 is 0 Å². The van der Waals surface area contributed by atoms with Crippen LogP contribution in [0.5, 0.6) is 0 Å². The molecule has 16 heavy (non-hydrogen) atoms. The Kier molecular flexibility index (Phi) is 7.03. The minimum absolute atomic E-state index is 0.0285. The lowest BCUT2D eigenvalue weighted by molar-refractivity contribution is -0.00631. The zero-order valence-electron chi connectivity index (χ0n) is 10.0. The number of nitrogens with one attached hydrogen (secondary N) is 1. The monoisotopic (exact) mass is 235 g/mol. The van der Waals surface area contributed by atoms with Crippen LogP contribution in [0.2, 0.25) is 0 Å². The summed E-state index contributed by atoms with van der Waals surface area (Å²) in [6.45, 7) is 5.54. The van der Waals surface area contributed by atoms with Gasteiger partial charge in [0.15, 0.2) is 0 Å². The van der Waals surface area contributed by atoms with E-state index in [4.69, 9.17) is 19.7 Å². The topological polar surface area (TPSA) is 88.0 Å². The first kappa shape index (κ1) is 15.2. The molecule has 0 aromatic heterocycles. The molecule has 0 spiro atoms. The summed E-state index contributed by atoms with van der Waals surface area (Å²) in [5, 5.41) is 20.0. The van der Waals surface area contributed by atoms with E-state index < -0.39 is 12.2 Å². The SMILES string of the molecule is CC(C)(C)NC(=O)OCCOCC(O)CO. The second kappa shape index (κ2) is 7.43. The molecule has 0 radical (unpaired) electrons. The molecule has 0 aliphatic heterocycles. The number of carbonyl (C=O) groups excluding carboxylic acids is 1. The minimum Gasteiger partial charge on any atom is -0.447 e. The Labute approximate surface area is 95.6 Å². The third-order valence-electron chi connectivity index (χ3n) is 1.46. The minimum atomic E-state index is -0.886. The van der Waals surface area contributed by atoms with E-state index in [0.717, 1.165) is 0 Å². The largest absolute Gasteiger partial charge is 0.447 e. The Bertz CT molecular complexity index is 202. The molecule has 1 unspecified atom stereocenters. The lowest BCUT2D eigenvalue weighted by Crippen LogP contribution is -2.41. The second-order valence-electron chi connectivity index (χ2n) is 4.42. The second-order valence-corrected chi connectivity index (χ2v) is 4.42. The highest BCUT2D eigenvalue weighted by molar-refractivity contribution is 5.67. The van der Waals surface area contributed by atoms with Crippen molar-refractivity contribution < 1.29 is 24.5 Å². The quantitative estimate of drug-likeness (QED) is 0.559. The fourth-order valence-corrected chi connectivity index (χ4v) is 0.808. The molecule has 0 heterocycles. The molecular formula is C10H21NO5. The Morgan fingerprint density at radius 3 is 2.50 bits per heavy atom. The van der Waals surface area contributed by atoms with Gasteiger partial charge in [-0.25, -0.2) is 4.79 Å². The van der Waals surface area contributed by atoms with Crippen LogP contribution in [0.15, 0.2) is 0 Å². The molecule has 96 valence electrons. The number of hydrogen-bond donors (Lipinski definition) is 3. The van der Waals surface area contributed by atoms with Crippen molar-refractivity contribution in [2.75, 3.05) is 26.4 Å². The summed E-state index contributed by atoms with van der Waals surface area (Å²) < 4.78 is 9.77. The molecule has 1 amide bonds. The molecule has 3 N–H and O–H groups in total. The number of aliphatic hydroxyl groups excluding tert-OH is 2. The van der Waals surface area contributed by atoms with Gasteiger partial charge < -0.3 is 25.0 Å². The third kappa shape index (κ3) is 9.70. The van der Waals surface area contributed by atoms with E-state index in [1.807, 2.05) is 20.8 Å². The van der Waals surface area contributed by atoms with Crippen molar-refractivity contribution in [2.45, 2.75) is 32.4 Å². The molecule has 6 heteroatoms. The zero-order chi connectivity index (χ0) is 12.6. The molecule has 0 aromatic carbocycles. The molecule has 0 aliphatic carbocycles. The molecule has 1 atom stereocenters. The summed E-state index contributed by atoms with van der Waals surface area (Å²) in [6.07, 6.45) is -1.39. The van der Waals surface area contributed by atoms with Crippen molar-refractivity contribution in [3.05, 3.63) is 0 Å². The van der Waals surface area contributed by atoms with Crippen molar-refractivity contribution in [3.63, 3.8) is 0 Å². The number of rotatable bonds is 6. The van der Waals surface area contributed by atoms with Crippen LogP contribution in [-0.4, -0.2) is 54.4 Å². The van der Waals surface area contributed by atoms with E-state index in [9.17, 15) is 4.79 Å². The van der Waals surface area contributed by atoms with E-state index in [2.05, 4.69) is 5.32 Å². The Morgan fingerprint density at radius 2 is 2.00 bits per heavy atom. The average Bonchev–Trinajstić information content (AvgIpc) is 2.14. The Morgan fingerprint density at radius 1 is 1.38 bits per heavy atom. The Balaban J connectivity index is 3.42. The van der Waals surface area contributed by atoms with Crippen molar-refractivity contribution in [3.8, 4) is 0 Å². The molecular weight excluding hydrogens is 214 g/mol. The summed E-state index contributed by atoms with van der Waals surface area (Å²) >= 11 is 0. The Hall–Kier alpha value is -0.850. The molecule has 0 bridgehead atoms. The van der Waals surface area contributed by atoms with E-state index in [0.29, 0.717) is 0 Å². The predicted octanol–water partition coefficient (Wildman–Crippen LogP) is -0.119. The van der Waals surface area contributed by atoms with Gasteiger partial charge in [0.25, 0.3) is 0 Å². The van der Waals surface area contributed by atoms with Gasteiger partial charge in [-0.3, -0.25) is 0 Å². The van der Waals surface area contributed by atoms with Crippen molar-refractivity contribution in [1.82, 2.24) is 5.32 Å². The maximum atomic E-state index is 11.1. The van der Waals surface area contributed by atoms with Crippen LogP contribution in [0, 0.1) is 0 Å². The molecule has 0 fully saturated rings. The lowest BCUT2D eigenvalue weighted by atomic mass is 10.1. The fraction of sp³-hybridized carbons (Fsp3) is 0.900.